The Morgan fingerprint density at radius 1 is 0.969 bits per heavy atom. The number of carbonyl (C=O) groups excluding carboxylic acids is 2. The van der Waals surface area contributed by atoms with Gasteiger partial charge in [-0.15, -0.1) is 10.2 Å². The van der Waals surface area contributed by atoms with Gasteiger partial charge in [0, 0.05) is 18.1 Å². The van der Waals surface area contributed by atoms with Crippen molar-refractivity contribution in [3.8, 4) is 5.75 Å². The maximum absolute atomic E-state index is 13.0. The fourth-order valence-electron chi connectivity index (χ4n) is 3.19. The van der Waals surface area contributed by atoms with Gasteiger partial charge >= 0.3 is 5.97 Å². The van der Waals surface area contributed by atoms with E-state index in [0.717, 1.165) is 0 Å². The number of esters is 1. The number of carbonyl (C=O) groups is 2. The molecule has 8 heteroatoms. The molecule has 1 heterocycles. The number of benzene rings is 3. The first-order chi connectivity index (χ1) is 15.6. The number of phenolic OH excluding ortho intramolecular Hbond substituents is 1. The van der Waals surface area contributed by atoms with Crippen LogP contribution >= 0.6 is 0 Å². The summed E-state index contributed by atoms with van der Waals surface area (Å²) in [6.07, 6.45) is 2.78. The Kier molecular flexibility index (Phi) is 5.85. The average Bonchev–Trinajstić information content (AvgIpc) is 2.83. The molecule has 0 saturated heterocycles. The molecule has 0 bridgehead atoms. The van der Waals surface area contributed by atoms with Crippen molar-refractivity contribution >= 4 is 39.7 Å². The summed E-state index contributed by atoms with van der Waals surface area (Å²) in [4.78, 5) is 28.9. The van der Waals surface area contributed by atoms with Crippen molar-refractivity contribution < 1.29 is 19.4 Å². The Balaban J connectivity index is 1.79. The number of fused-ring (bicyclic) bond motifs is 1. The lowest BCUT2D eigenvalue weighted by molar-refractivity contribution is 0.0601. The molecular formula is C24H18N4O4. The first-order valence-corrected chi connectivity index (χ1v) is 9.63. The van der Waals surface area contributed by atoms with E-state index in [0.29, 0.717) is 16.5 Å². The van der Waals surface area contributed by atoms with Gasteiger partial charge in [0.05, 0.1) is 12.7 Å². The molecule has 3 aromatic carbocycles. The Morgan fingerprint density at radius 3 is 2.47 bits per heavy atom. The molecule has 4 aromatic rings. The van der Waals surface area contributed by atoms with Gasteiger partial charge < -0.3 is 15.2 Å². The monoisotopic (exact) mass is 426 g/mol. The molecule has 1 amide bonds. The van der Waals surface area contributed by atoms with E-state index in [4.69, 9.17) is 4.74 Å². The van der Waals surface area contributed by atoms with E-state index in [1.54, 1.807) is 48.5 Å². The summed E-state index contributed by atoms with van der Waals surface area (Å²) in [5.74, 6) is -1.42. The molecule has 0 radical (unpaired) electrons. The zero-order valence-corrected chi connectivity index (χ0v) is 17.0. The zero-order chi connectivity index (χ0) is 22.5. The van der Waals surface area contributed by atoms with E-state index in [2.05, 4.69) is 20.5 Å². The van der Waals surface area contributed by atoms with Gasteiger partial charge in [0.25, 0.3) is 5.91 Å². The smallest absolute Gasteiger partial charge is 0.341 e. The van der Waals surface area contributed by atoms with Gasteiger partial charge in [-0.2, -0.15) is 0 Å². The van der Waals surface area contributed by atoms with Crippen LogP contribution < -0.4 is 5.32 Å². The lowest BCUT2D eigenvalue weighted by atomic mass is 10.0. The highest BCUT2D eigenvalue weighted by Crippen LogP contribution is 2.38. The number of amides is 1. The summed E-state index contributed by atoms with van der Waals surface area (Å²) in [5, 5.41) is 23.2. The van der Waals surface area contributed by atoms with Crippen molar-refractivity contribution in [3.63, 3.8) is 0 Å². The molecule has 0 fully saturated rings. The maximum atomic E-state index is 13.0. The molecule has 2 N–H and O–H groups in total. The molecule has 0 spiro atoms. The Labute approximate surface area is 183 Å². The number of methoxy groups -OCH3 is 1. The van der Waals surface area contributed by atoms with E-state index in [1.165, 1.54) is 25.6 Å². The minimum atomic E-state index is -0.613. The molecule has 1 aromatic heterocycles. The number of aromatic hydroxyl groups is 1. The van der Waals surface area contributed by atoms with E-state index < -0.39 is 11.9 Å². The van der Waals surface area contributed by atoms with Gasteiger partial charge in [0.1, 0.15) is 16.9 Å². The number of aromatic nitrogens is 1. The minimum absolute atomic E-state index is 0.0730. The predicted molar refractivity (Wildman–Crippen MR) is 120 cm³/mol. The van der Waals surface area contributed by atoms with Crippen molar-refractivity contribution in [1.82, 2.24) is 4.98 Å². The SMILES string of the molecule is COC(=O)c1cnccc1/N=N/c1cc2ccccc2c(C(=O)Nc2ccccc2)c1O. The Bertz CT molecular complexity index is 1340. The highest BCUT2D eigenvalue weighted by molar-refractivity contribution is 6.16. The molecule has 0 saturated carbocycles. The Hall–Kier alpha value is -4.59. The lowest BCUT2D eigenvalue weighted by Crippen LogP contribution is -2.12. The molecule has 4 rings (SSSR count). The van der Waals surface area contributed by atoms with Gasteiger partial charge in [0.2, 0.25) is 0 Å². The van der Waals surface area contributed by atoms with Gasteiger partial charge in [0.15, 0.2) is 5.75 Å². The normalized spacial score (nSPS) is 10.9. The van der Waals surface area contributed by atoms with E-state index in [-0.39, 0.29) is 28.3 Å². The average molecular weight is 426 g/mol. The van der Waals surface area contributed by atoms with Crippen LogP contribution in [0.4, 0.5) is 17.1 Å². The molecule has 0 aliphatic heterocycles. The number of para-hydroxylation sites is 1. The summed E-state index contributed by atoms with van der Waals surface area (Å²) in [5.41, 5.74) is 1.08. The third-order valence-corrected chi connectivity index (χ3v) is 4.73. The maximum Gasteiger partial charge on any atom is 0.341 e. The highest BCUT2D eigenvalue weighted by atomic mass is 16.5. The summed E-state index contributed by atoms with van der Waals surface area (Å²) < 4.78 is 4.73. The van der Waals surface area contributed by atoms with Gasteiger partial charge in [-0.3, -0.25) is 9.78 Å². The molecule has 32 heavy (non-hydrogen) atoms. The van der Waals surface area contributed by atoms with Crippen molar-refractivity contribution in [2.45, 2.75) is 0 Å². The van der Waals surface area contributed by atoms with Crippen LogP contribution in [-0.2, 0) is 4.74 Å². The summed E-state index contributed by atoms with van der Waals surface area (Å²) in [6.45, 7) is 0. The topological polar surface area (TPSA) is 113 Å². The van der Waals surface area contributed by atoms with Gasteiger partial charge in [-0.05, 0) is 35.0 Å². The van der Waals surface area contributed by atoms with Crippen LogP contribution in [0.25, 0.3) is 10.8 Å². The third-order valence-electron chi connectivity index (χ3n) is 4.73. The first-order valence-electron chi connectivity index (χ1n) is 9.63. The largest absolute Gasteiger partial charge is 0.505 e. The number of azo groups is 1. The molecule has 8 nitrogen and oxygen atoms in total. The fourth-order valence-corrected chi connectivity index (χ4v) is 3.19. The second kappa shape index (κ2) is 9.05. The molecular weight excluding hydrogens is 408 g/mol. The van der Waals surface area contributed by atoms with Crippen LogP contribution in [0.2, 0.25) is 0 Å². The standard InChI is InChI=1S/C24H18N4O4/c1-32-24(31)18-14-25-12-11-19(18)27-28-20-13-15-7-5-6-10-17(15)21(22(20)29)23(30)26-16-8-3-2-4-9-16/h2-14,29H,1H3,(H,26,30)/b28-27+. The van der Waals surface area contributed by atoms with Gasteiger partial charge in [-0.25, -0.2) is 4.79 Å². The van der Waals surface area contributed by atoms with E-state index >= 15 is 0 Å². The van der Waals surface area contributed by atoms with Crippen molar-refractivity contribution in [3.05, 3.63) is 90.3 Å². The van der Waals surface area contributed by atoms with Crippen molar-refractivity contribution in [1.29, 1.82) is 0 Å². The van der Waals surface area contributed by atoms with Crippen LogP contribution in [0.15, 0.2) is 89.4 Å². The molecule has 0 aliphatic rings. The summed E-state index contributed by atoms with van der Waals surface area (Å²) in [6, 6.07) is 19.2. The third kappa shape index (κ3) is 4.15. The second-order valence-corrected chi connectivity index (χ2v) is 6.74. The number of nitrogens with zero attached hydrogens (tertiary/aromatic N) is 3. The number of anilines is 1. The second-order valence-electron chi connectivity index (χ2n) is 6.74. The van der Waals surface area contributed by atoms with E-state index in [1.807, 2.05) is 12.1 Å². The number of phenols is 1. The predicted octanol–water partition coefficient (Wildman–Crippen LogP) is 5.39. The fraction of sp³-hybridized carbons (Fsp3) is 0.0417. The van der Waals surface area contributed by atoms with Crippen LogP contribution in [0, 0.1) is 0 Å². The first kappa shape index (κ1) is 20.7. The Morgan fingerprint density at radius 2 is 1.69 bits per heavy atom. The lowest BCUT2D eigenvalue weighted by Gasteiger charge is -2.12. The molecule has 158 valence electrons. The number of hydrogen-bond donors (Lipinski definition) is 2. The number of nitrogens with one attached hydrogen (secondary N) is 1. The zero-order valence-electron chi connectivity index (χ0n) is 17.0. The molecule has 0 atom stereocenters. The number of pyridine rings is 1. The number of ether oxygens (including phenoxy) is 1. The van der Waals surface area contributed by atoms with Crippen LogP contribution in [0.5, 0.6) is 5.75 Å². The summed E-state index contributed by atoms with van der Waals surface area (Å²) >= 11 is 0. The summed E-state index contributed by atoms with van der Waals surface area (Å²) in [7, 11) is 1.25. The number of rotatable bonds is 5. The quantitative estimate of drug-likeness (QED) is 0.328. The van der Waals surface area contributed by atoms with Crippen LogP contribution in [0.1, 0.15) is 20.7 Å². The molecule has 0 unspecified atom stereocenters. The minimum Gasteiger partial charge on any atom is -0.505 e. The highest BCUT2D eigenvalue weighted by Gasteiger charge is 2.20. The van der Waals surface area contributed by atoms with E-state index in [9.17, 15) is 14.7 Å². The van der Waals surface area contributed by atoms with Crippen molar-refractivity contribution in [2.24, 2.45) is 10.2 Å². The van der Waals surface area contributed by atoms with Crippen LogP contribution in [0.3, 0.4) is 0 Å². The number of hydrogen-bond acceptors (Lipinski definition) is 7. The van der Waals surface area contributed by atoms with Gasteiger partial charge in [-0.1, -0.05) is 42.5 Å². The van der Waals surface area contributed by atoms with Crippen LogP contribution in [-0.4, -0.2) is 29.1 Å². The molecule has 0 aliphatic carbocycles. The van der Waals surface area contributed by atoms with Crippen molar-refractivity contribution in [2.75, 3.05) is 12.4 Å².